The lowest BCUT2D eigenvalue weighted by atomic mass is 9.83. The van der Waals surface area contributed by atoms with Gasteiger partial charge in [-0.3, -0.25) is 0 Å². The van der Waals surface area contributed by atoms with Gasteiger partial charge in [0.1, 0.15) is 0 Å². The summed E-state index contributed by atoms with van der Waals surface area (Å²) >= 11 is 3.64. The number of benzene rings is 1. The van der Waals surface area contributed by atoms with Crippen molar-refractivity contribution in [3.05, 3.63) is 39.4 Å². The van der Waals surface area contributed by atoms with Crippen molar-refractivity contribution in [1.29, 1.82) is 0 Å². The molecule has 0 aromatic heterocycles. The zero-order valence-corrected chi connectivity index (χ0v) is 11.7. The van der Waals surface area contributed by atoms with Gasteiger partial charge in [-0.05, 0) is 48.9 Å². The lowest BCUT2D eigenvalue weighted by Crippen LogP contribution is -2.08. The van der Waals surface area contributed by atoms with Gasteiger partial charge in [0, 0.05) is 4.47 Å². The molecule has 1 aliphatic carbocycles. The van der Waals surface area contributed by atoms with Gasteiger partial charge >= 0.3 is 0 Å². The molecular weight excluding hydrogens is 260 g/mol. The van der Waals surface area contributed by atoms with Crippen molar-refractivity contribution in [3.63, 3.8) is 0 Å². The van der Waals surface area contributed by atoms with Crippen LogP contribution in [0.3, 0.4) is 0 Å². The molecule has 1 saturated carbocycles. The first-order chi connectivity index (χ1) is 7.66. The summed E-state index contributed by atoms with van der Waals surface area (Å²) in [5.41, 5.74) is 4.02. The second-order valence-electron chi connectivity index (χ2n) is 4.91. The van der Waals surface area contributed by atoms with Crippen LogP contribution in [-0.4, -0.2) is 0 Å². The van der Waals surface area contributed by atoms with Crippen LogP contribution in [0.5, 0.6) is 0 Å². The maximum Gasteiger partial charge on any atom is 0.0252 e. The zero-order valence-electron chi connectivity index (χ0n) is 10.1. The van der Waals surface area contributed by atoms with Crippen LogP contribution in [0.1, 0.15) is 42.4 Å². The second-order valence-corrected chi connectivity index (χ2v) is 5.77. The maximum absolute atomic E-state index is 3.64. The van der Waals surface area contributed by atoms with Crippen LogP contribution in [0.4, 0.5) is 0 Å². The summed E-state index contributed by atoms with van der Waals surface area (Å²) in [7, 11) is 0. The van der Waals surface area contributed by atoms with Crippen LogP contribution < -0.4 is 0 Å². The predicted molar refractivity (Wildman–Crippen MR) is 74.6 cm³/mol. The smallest absolute Gasteiger partial charge is 0.0252 e. The summed E-state index contributed by atoms with van der Waals surface area (Å²) in [6, 6.07) is 4.43. The third-order valence-electron chi connectivity index (χ3n) is 3.46. The van der Waals surface area contributed by atoms with Gasteiger partial charge in [-0.25, -0.2) is 0 Å². The van der Waals surface area contributed by atoms with Gasteiger partial charge in [0.25, 0.3) is 0 Å². The average Bonchev–Trinajstić information content (AvgIpc) is 2.12. The monoisotopic (exact) mass is 278 g/mol. The molecule has 0 amide bonds. The first-order valence-electron chi connectivity index (χ1n) is 6.10. The highest BCUT2D eigenvalue weighted by molar-refractivity contribution is 9.10. The Hall–Kier alpha value is -0.560. The molecule has 0 bridgehead atoms. The lowest BCUT2D eigenvalue weighted by molar-refractivity contribution is 0.320. The number of rotatable bonds is 3. The van der Waals surface area contributed by atoms with Crippen LogP contribution in [0, 0.1) is 19.8 Å². The second kappa shape index (κ2) is 5.18. The number of hydrogen-bond donors (Lipinski definition) is 0. The molecule has 0 nitrogen and oxygen atoms in total. The molecule has 1 aliphatic rings. The number of hydrogen-bond acceptors (Lipinski definition) is 0. The van der Waals surface area contributed by atoms with Crippen molar-refractivity contribution in [2.75, 3.05) is 0 Å². The van der Waals surface area contributed by atoms with E-state index in [2.05, 4.69) is 54.1 Å². The van der Waals surface area contributed by atoms with Crippen LogP contribution in [0.15, 0.2) is 22.7 Å². The molecule has 0 aliphatic heterocycles. The van der Waals surface area contributed by atoms with Gasteiger partial charge in [-0.15, -0.1) is 0 Å². The molecule has 0 N–H and O–H groups in total. The van der Waals surface area contributed by atoms with E-state index in [1.165, 1.54) is 46.8 Å². The fraction of sp³-hybridized carbons (Fsp3) is 0.467. The Kier molecular flexibility index (Phi) is 3.86. The van der Waals surface area contributed by atoms with Crippen LogP contribution in [0.2, 0.25) is 0 Å². The van der Waals surface area contributed by atoms with E-state index in [9.17, 15) is 0 Å². The molecule has 0 unspecified atom stereocenters. The molecule has 0 spiro atoms. The Morgan fingerprint density at radius 1 is 1.31 bits per heavy atom. The number of allylic oxidation sites excluding steroid dienone is 1. The van der Waals surface area contributed by atoms with Crippen LogP contribution in [-0.2, 0) is 0 Å². The Morgan fingerprint density at radius 3 is 2.62 bits per heavy atom. The highest BCUT2D eigenvalue weighted by atomic mass is 79.9. The van der Waals surface area contributed by atoms with Gasteiger partial charge < -0.3 is 0 Å². The van der Waals surface area contributed by atoms with Gasteiger partial charge in [-0.1, -0.05) is 53.4 Å². The Balaban J connectivity index is 2.07. The zero-order chi connectivity index (χ0) is 11.5. The molecule has 1 fully saturated rings. The first-order valence-corrected chi connectivity index (χ1v) is 6.89. The molecule has 0 heterocycles. The van der Waals surface area contributed by atoms with Crippen molar-refractivity contribution in [1.82, 2.24) is 0 Å². The third-order valence-corrected chi connectivity index (χ3v) is 4.12. The van der Waals surface area contributed by atoms with Gasteiger partial charge in [0.05, 0.1) is 0 Å². The fourth-order valence-corrected chi connectivity index (χ4v) is 3.05. The van der Waals surface area contributed by atoms with Crippen molar-refractivity contribution in [3.8, 4) is 0 Å². The van der Waals surface area contributed by atoms with Crippen molar-refractivity contribution < 1.29 is 0 Å². The van der Waals surface area contributed by atoms with E-state index < -0.39 is 0 Å². The predicted octanol–water partition coefficient (Wildman–Crippen LogP) is 5.27. The minimum Gasteiger partial charge on any atom is -0.0836 e. The molecule has 1 heteroatoms. The molecule has 16 heavy (non-hydrogen) atoms. The molecule has 2 rings (SSSR count). The van der Waals surface area contributed by atoms with Crippen LogP contribution >= 0.6 is 15.9 Å². The summed E-state index contributed by atoms with van der Waals surface area (Å²) in [6.45, 7) is 4.32. The van der Waals surface area contributed by atoms with Crippen LogP contribution in [0.25, 0.3) is 6.08 Å². The normalized spacial score (nSPS) is 16.7. The van der Waals surface area contributed by atoms with Gasteiger partial charge in [0.2, 0.25) is 0 Å². The summed E-state index contributed by atoms with van der Waals surface area (Å²) in [5, 5.41) is 0. The maximum atomic E-state index is 3.64. The average molecular weight is 279 g/mol. The highest BCUT2D eigenvalue weighted by Gasteiger charge is 2.15. The minimum absolute atomic E-state index is 0.959. The van der Waals surface area contributed by atoms with E-state index in [1.807, 2.05) is 0 Å². The van der Waals surface area contributed by atoms with E-state index in [4.69, 9.17) is 0 Å². The van der Waals surface area contributed by atoms with Gasteiger partial charge in [0.15, 0.2) is 0 Å². The third kappa shape index (κ3) is 2.76. The quantitative estimate of drug-likeness (QED) is 0.707. The Morgan fingerprint density at radius 2 is 2.06 bits per heavy atom. The number of halogens is 1. The topological polar surface area (TPSA) is 0 Å². The molecule has 1 aromatic rings. The van der Waals surface area contributed by atoms with Crippen molar-refractivity contribution >= 4 is 22.0 Å². The largest absolute Gasteiger partial charge is 0.0836 e. The van der Waals surface area contributed by atoms with E-state index in [0.29, 0.717) is 0 Å². The molecule has 0 radical (unpaired) electrons. The number of aryl methyl sites for hydroxylation is 2. The fourth-order valence-electron chi connectivity index (χ4n) is 2.24. The van der Waals surface area contributed by atoms with E-state index >= 15 is 0 Å². The Labute approximate surface area is 107 Å². The SMILES string of the molecule is Cc1cc(C)c(/C=C\CC2CCC2)c(Br)c1. The summed E-state index contributed by atoms with van der Waals surface area (Å²) in [4.78, 5) is 0. The molecular formula is C15H19Br. The van der Waals surface area contributed by atoms with Crippen molar-refractivity contribution in [2.45, 2.75) is 39.5 Å². The lowest BCUT2D eigenvalue weighted by Gasteiger charge is -2.23. The van der Waals surface area contributed by atoms with Crippen molar-refractivity contribution in [2.24, 2.45) is 5.92 Å². The molecule has 0 saturated heterocycles. The minimum atomic E-state index is 0.959. The molecule has 86 valence electrons. The Bertz CT molecular complexity index is 377. The first kappa shape index (κ1) is 11.9. The standard InChI is InChI=1S/C15H19Br/c1-11-9-12(2)14(15(16)10-11)8-4-7-13-5-3-6-13/h4,8-10,13H,3,5-7H2,1-2H3/b8-4-. The summed E-state index contributed by atoms with van der Waals surface area (Å²) in [6.07, 6.45) is 10.2. The molecule has 1 aromatic carbocycles. The highest BCUT2D eigenvalue weighted by Crippen LogP contribution is 2.30. The van der Waals surface area contributed by atoms with E-state index in [-0.39, 0.29) is 0 Å². The summed E-state index contributed by atoms with van der Waals surface area (Å²) in [5.74, 6) is 0.959. The van der Waals surface area contributed by atoms with Gasteiger partial charge in [-0.2, -0.15) is 0 Å². The van der Waals surface area contributed by atoms with E-state index in [1.54, 1.807) is 0 Å². The van der Waals surface area contributed by atoms with E-state index in [0.717, 1.165) is 5.92 Å². The molecule has 0 atom stereocenters. The summed E-state index contributed by atoms with van der Waals surface area (Å²) < 4.78 is 1.22.